The maximum atomic E-state index is 13.2. The first-order valence-electron chi connectivity index (χ1n) is 10.6. The second-order valence-corrected chi connectivity index (χ2v) is 10.5. The van der Waals surface area contributed by atoms with Crippen LogP contribution in [0.2, 0.25) is 0 Å². The van der Waals surface area contributed by atoms with Crippen LogP contribution in [0.1, 0.15) is 35.7 Å². The fourth-order valence-electron chi connectivity index (χ4n) is 4.40. The van der Waals surface area contributed by atoms with Gasteiger partial charge in [-0.15, -0.1) is 0 Å². The average Bonchev–Trinajstić information content (AvgIpc) is 3.14. The topological polar surface area (TPSA) is 136 Å². The van der Waals surface area contributed by atoms with E-state index in [4.69, 9.17) is 11.5 Å². The molecule has 2 fully saturated rings. The number of amides is 1. The number of halogens is 4. The molecule has 5 N–H and O–H groups in total. The zero-order valence-electron chi connectivity index (χ0n) is 17.9. The van der Waals surface area contributed by atoms with Gasteiger partial charge < -0.3 is 16.8 Å². The van der Waals surface area contributed by atoms with Crippen LogP contribution in [-0.4, -0.2) is 65.9 Å². The maximum Gasteiger partial charge on any atom is 0.501 e. The van der Waals surface area contributed by atoms with E-state index < -0.39 is 32.3 Å². The molecule has 0 radical (unpaired) electrons. The van der Waals surface area contributed by atoms with Gasteiger partial charge in [0.1, 0.15) is 11.7 Å². The number of anilines is 2. The van der Waals surface area contributed by atoms with E-state index in [0.29, 0.717) is 25.9 Å². The van der Waals surface area contributed by atoms with Gasteiger partial charge >= 0.3 is 5.51 Å². The first-order valence-corrected chi connectivity index (χ1v) is 12.1. The van der Waals surface area contributed by atoms with Gasteiger partial charge in [-0.05, 0) is 43.5 Å². The monoisotopic (exact) mass is 504 g/mol. The second kappa shape index (κ2) is 8.82. The highest BCUT2D eigenvalue weighted by Crippen LogP contribution is 2.34. The van der Waals surface area contributed by atoms with Crippen molar-refractivity contribution in [1.29, 1.82) is 0 Å². The molecule has 1 aromatic carbocycles. The number of benzene rings is 1. The van der Waals surface area contributed by atoms with Crippen molar-refractivity contribution in [1.82, 2.24) is 14.7 Å². The fraction of sp³-hybridized carbons (Fsp3) is 0.500. The van der Waals surface area contributed by atoms with Crippen molar-refractivity contribution in [2.24, 2.45) is 11.5 Å². The summed E-state index contributed by atoms with van der Waals surface area (Å²) in [5.74, 6) is -0.710. The Bertz CT molecular complexity index is 1160. The number of nitrogens with zero attached hydrogens (tertiary/aromatic N) is 3. The minimum absolute atomic E-state index is 0.0457. The van der Waals surface area contributed by atoms with Crippen molar-refractivity contribution in [2.75, 3.05) is 18.4 Å². The van der Waals surface area contributed by atoms with Gasteiger partial charge in [-0.1, -0.05) is 0 Å². The number of hydrogen-bond acceptors (Lipinski definition) is 7. The third kappa shape index (κ3) is 4.61. The third-order valence-corrected chi connectivity index (χ3v) is 7.79. The van der Waals surface area contributed by atoms with Crippen molar-refractivity contribution >= 4 is 27.2 Å². The van der Waals surface area contributed by atoms with E-state index in [1.165, 1.54) is 6.20 Å². The van der Waals surface area contributed by atoms with Gasteiger partial charge in [0, 0.05) is 37.1 Å². The zero-order valence-corrected chi connectivity index (χ0v) is 18.7. The van der Waals surface area contributed by atoms with Crippen LogP contribution >= 0.6 is 0 Å². The minimum atomic E-state index is -5.48. The van der Waals surface area contributed by atoms with E-state index in [1.807, 2.05) is 0 Å². The van der Waals surface area contributed by atoms with Crippen molar-refractivity contribution in [3.05, 3.63) is 36.0 Å². The molecule has 9 nitrogen and oxygen atoms in total. The maximum absolute atomic E-state index is 13.2. The molecule has 0 unspecified atom stereocenters. The Hall–Kier alpha value is -2.71. The van der Waals surface area contributed by atoms with Gasteiger partial charge in [0.15, 0.2) is 5.82 Å². The Kier molecular flexibility index (Phi) is 6.33. The van der Waals surface area contributed by atoms with Gasteiger partial charge in [-0.3, -0.25) is 14.4 Å². The first kappa shape index (κ1) is 24.4. The average molecular weight is 505 g/mol. The molecule has 2 heterocycles. The summed E-state index contributed by atoms with van der Waals surface area (Å²) >= 11 is 0. The number of aromatic nitrogens is 2. The van der Waals surface area contributed by atoms with Crippen LogP contribution in [0.25, 0.3) is 0 Å². The molecular formula is C20H24F4N6O3S. The molecule has 1 aromatic heterocycles. The molecule has 2 aliphatic rings. The summed E-state index contributed by atoms with van der Waals surface area (Å²) in [6.07, 6.45) is 2.74. The smallest absolute Gasteiger partial charge is 0.365 e. The van der Waals surface area contributed by atoms with Gasteiger partial charge in [0.25, 0.3) is 15.7 Å². The number of carbonyl (C=O) groups is 1. The number of carbonyl (C=O) groups excluding carboxylic acids is 1. The second-order valence-electron chi connectivity index (χ2n) is 8.58. The Labute approximate surface area is 193 Å². The predicted molar refractivity (Wildman–Crippen MR) is 115 cm³/mol. The molecule has 4 rings (SSSR count). The summed E-state index contributed by atoms with van der Waals surface area (Å²) in [5, 5.41) is 7.18. The molecule has 0 bridgehead atoms. The minimum Gasteiger partial charge on any atom is -0.365 e. The van der Waals surface area contributed by atoms with E-state index in [2.05, 4.69) is 15.3 Å². The van der Waals surface area contributed by atoms with E-state index >= 15 is 0 Å². The predicted octanol–water partition coefficient (Wildman–Crippen LogP) is 2.09. The molecule has 1 saturated carbocycles. The summed E-state index contributed by atoms with van der Waals surface area (Å²) in [6, 6.07) is 3.54. The highest BCUT2D eigenvalue weighted by molar-refractivity contribution is 7.92. The molecule has 186 valence electrons. The largest absolute Gasteiger partial charge is 0.501 e. The highest BCUT2D eigenvalue weighted by atomic mass is 32.2. The van der Waals surface area contributed by atoms with Crippen molar-refractivity contribution in [2.45, 2.75) is 54.0 Å². The van der Waals surface area contributed by atoms with Crippen LogP contribution in [0.4, 0.5) is 29.1 Å². The van der Waals surface area contributed by atoms with E-state index in [-0.39, 0.29) is 35.2 Å². The lowest BCUT2D eigenvalue weighted by Crippen LogP contribution is -2.57. The first-order chi connectivity index (χ1) is 15.9. The quantitative estimate of drug-likeness (QED) is 0.513. The Morgan fingerprint density at radius 1 is 1.15 bits per heavy atom. The number of primary amides is 1. The molecule has 3 atom stereocenters. The molecule has 34 heavy (non-hydrogen) atoms. The molecular weight excluding hydrogens is 480 g/mol. The van der Waals surface area contributed by atoms with Crippen LogP contribution in [0, 0.1) is 0 Å². The number of rotatable bonds is 6. The van der Waals surface area contributed by atoms with Gasteiger partial charge in [0.2, 0.25) is 0 Å². The zero-order chi connectivity index (χ0) is 24.8. The number of likely N-dealkylation sites (tertiary alicyclic amines) is 1. The van der Waals surface area contributed by atoms with E-state index in [9.17, 15) is 30.8 Å². The van der Waals surface area contributed by atoms with Crippen molar-refractivity contribution in [3.8, 4) is 0 Å². The number of hydrogen-bond donors (Lipinski definition) is 3. The molecule has 1 saturated heterocycles. The lowest BCUT2D eigenvalue weighted by molar-refractivity contribution is -0.0436. The molecule has 0 spiro atoms. The molecule has 14 heteroatoms. The van der Waals surface area contributed by atoms with Crippen molar-refractivity contribution in [3.63, 3.8) is 0 Å². The Morgan fingerprint density at radius 3 is 2.32 bits per heavy atom. The summed E-state index contributed by atoms with van der Waals surface area (Å²) in [7, 11) is -5.48. The van der Waals surface area contributed by atoms with Gasteiger partial charge in [0.05, 0.1) is 10.9 Å². The Balaban J connectivity index is 1.50. The van der Waals surface area contributed by atoms with Crippen LogP contribution < -0.4 is 16.8 Å². The summed E-state index contributed by atoms with van der Waals surface area (Å²) < 4.78 is 76.0. The third-order valence-electron chi connectivity index (χ3n) is 6.29. The standard InChI is InChI=1S/C20H24F4N6O3S/c21-11-8-29(9-11)13-3-6-17(16(25)7-13)30-10-15(18(26)31)19(28-30)27-12-1-4-14(5-2-12)34(32,33)20(22,23)24/h1-2,4-5,10-11,13,16-17H,3,6-9,25H2,(H2,26,31)(H,27,28)/t13-,16-,17-/m0/s1. The molecule has 2 aromatic rings. The van der Waals surface area contributed by atoms with Gasteiger partial charge in [-0.25, -0.2) is 12.8 Å². The van der Waals surface area contributed by atoms with Crippen LogP contribution in [-0.2, 0) is 9.84 Å². The number of nitrogens with two attached hydrogens (primary N) is 2. The lowest BCUT2D eigenvalue weighted by atomic mass is 9.85. The molecule has 1 amide bonds. The van der Waals surface area contributed by atoms with Crippen molar-refractivity contribution < 1.29 is 30.8 Å². The molecule has 1 aliphatic heterocycles. The highest BCUT2D eigenvalue weighted by Gasteiger charge is 2.46. The van der Waals surface area contributed by atoms with Crippen LogP contribution in [0.3, 0.4) is 0 Å². The van der Waals surface area contributed by atoms with Gasteiger partial charge in [-0.2, -0.15) is 18.3 Å². The number of alkyl halides is 4. The summed E-state index contributed by atoms with van der Waals surface area (Å²) in [6.45, 7) is 0.819. The normalized spacial score (nSPS) is 24.6. The summed E-state index contributed by atoms with van der Waals surface area (Å²) in [5.41, 5.74) is 6.67. The SMILES string of the molecule is NC(=O)c1cn([C@H]2CC[C@H](N3CC(F)C3)C[C@@H]2N)nc1Nc1ccc(S(=O)(=O)C(F)(F)F)cc1. The summed E-state index contributed by atoms with van der Waals surface area (Å²) in [4.78, 5) is 13.1. The number of nitrogens with one attached hydrogen (secondary N) is 1. The van der Waals surface area contributed by atoms with E-state index in [0.717, 1.165) is 30.7 Å². The van der Waals surface area contributed by atoms with Crippen LogP contribution in [0.15, 0.2) is 35.4 Å². The van der Waals surface area contributed by atoms with Crippen LogP contribution in [0.5, 0.6) is 0 Å². The molecule has 1 aliphatic carbocycles. The lowest BCUT2D eigenvalue weighted by Gasteiger charge is -2.45. The Morgan fingerprint density at radius 2 is 1.79 bits per heavy atom. The number of sulfone groups is 1. The van der Waals surface area contributed by atoms with E-state index in [1.54, 1.807) is 4.68 Å². The fourth-order valence-corrected chi connectivity index (χ4v) is 5.16.